The van der Waals surface area contributed by atoms with Crippen molar-refractivity contribution < 1.29 is 19.1 Å². The molecule has 5 nitrogen and oxygen atoms in total. The topological polar surface area (TPSA) is 69.6 Å². The Kier molecular flexibility index (Phi) is 5.49. The number of halogens is 1. The lowest BCUT2D eigenvalue weighted by Gasteiger charge is -2.25. The summed E-state index contributed by atoms with van der Waals surface area (Å²) in [4.78, 5) is 24.6. The van der Waals surface area contributed by atoms with Gasteiger partial charge in [-0.2, -0.15) is 0 Å². The van der Waals surface area contributed by atoms with Gasteiger partial charge in [-0.1, -0.05) is 13.8 Å². The molecule has 1 rings (SSSR count). The van der Waals surface area contributed by atoms with E-state index in [1.807, 2.05) is 0 Å². The lowest BCUT2D eigenvalue weighted by atomic mass is 10.1. The normalized spacial score (nSPS) is 12.1. The van der Waals surface area contributed by atoms with Crippen LogP contribution in [0.25, 0.3) is 0 Å². The summed E-state index contributed by atoms with van der Waals surface area (Å²) >= 11 is 0. The van der Waals surface area contributed by atoms with E-state index < -0.39 is 23.9 Å². The first kappa shape index (κ1) is 15.9. The van der Waals surface area contributed by atoms with Gasteiger partial charge in [0.05, 0.1) is 0 Å². The molecule has 0 aromatic heterocycles. The van der Waals surface area contributed by atoms with E-state index in [0.717, 1.165) is 0 Å². The number of anilines is 1. The summed E-state index contributed by atoms with van der Waals surface area (Å²) in [5, 5.41) is 11.5. The number of carbonyl (C=O) groups excluding carboxylic acids is 1. The fourth-order valence-corrected chi connectivity index (χ4v) is 1.79. The Hall–Kier alpha value is -2.11. The molecule has 1 aromatic carbocycles. The van der Waals surface area contributed by atoms with Crippen molar-refractivity contribution in [1.29, 1.82) is 0 Å². The molecule has 0 aliphatic rings. The Morgan fingerprint density at radius 2 is 1.85 bits per heavy atom. The maximum atomic E-state index is 12.9. The second kappa shape index (κ2) is 6.88. The molecule has 0 aliphatic carbocycles. The number of carbonyl (C=O) groups is 2. The molecule has 1 atom stereocenters. The first-order valence-electron chi connectivity index (χ1n) is 6.43. The number of nitrogens with one attached hydrogen (secondary N) is 1. The third-order valence-electron chi connectivity index (χ3n) is 2.91. The molecule has 1 aromatic rings. The molecule has 6 heteroatoms. The van der Waals surface area contributed by atoms with Gasteiger partial charge in [-0.15, -0.1) is 0 Å². The number of hydrogen-bond donors (Lipinski definition) is 2. The SMILES string of the molecule is CCN(C(=O)N[C@H](C(=O)O)C(C)C)c1ccc(F)cc1. The molecule has 0 bridgehead atoms. The van der Waals surface area contributed by atoms with Crippen LogP contribution in [0.2, 0.25) is 0 Å². The monoisotopic (exact) mass is 282 g/mol. The minimum absolute atomic E-state index is 0.233. The molecule has 110 valence electrons. The molecule has 0 saturated carbocycles. The highest BCUT2D eigenvalue weighted by molar-refractivity contribution is 5.94. The first-order valence-corrected chi connectivity index (χ1v) is 6.43. The Balaban J connectivity index is 2.87. The number of urea groups is 1. The second-order valence-electron chi connectivity index (χ2n) is 4.73. The minimum Gasteiger partial charge on any atom is -0.480 e. The Bertz CT molecular complexity index is 474. The van der Waals surface area contributed by atoms with Crippen molar-refractivity contribution in [3.63, 3.8) is 0 Å². The number of benzene rings is 1. The molecule has 0 unspecified atom stereocenters. The number of carboxylic acids is 1. The molecule has 0 heterocycles. The van der Waals surface area contributed by atoms with Crippen molar-refractivity contribution in [2.45, 2.75) is 26.8 Å². The van der Waals surface area contributed by atoms with Gasteiger partial charge in [0.15, 0.2) is 0 Å². The van der Waals surface area contributed by atoms with E-state index in [-0.39, 0.29) is 5.92 Å². The third-order valence-corrected chi connectivity index (χ3v) is 2.91. The van der Waals surface area contributed by atoms with Gasteiger partial charge >= 0.3 is 12.0 Å². The zero-order valence-corrected chi connectivity index (χ0v) is 11.8. The average Bonchev–Trinajstić information content (AvgIpc) is 2.38. The fourth-order valence-electron chi connectivity index (χ4n) is 1.79. The lowest BCUT2D eigenvalue weighted by Crippen LogP contribution is -2.50. The van der Waals surface area contributed by atoms with Crippen molar-refractivity contribution in [3.8, 4) is 0 Å². The molecular formula is C14H19FN2O3. The van der Waals surface area contributed by atoms with Crippen molar-refractivity contribution in [2.24, 2.45) is 5.92 Å². The quantitative estimate of drug-likeness (QED) is 0.871. The zero-order valence-electron chi connectivity index (χ0n) is 11.8. The minimum atomic E-state index is -1.08. The van der Waals surface area contributed by atoms with E-state index in [4.69, 9.17) is 5.11 Å². The number of hydrogen-bond acceptors (Lipinski definition) is 2. The van der Waals surface area contributed by atoms with Crippen LogP contribution < -0.4 is 10.2 Å². The van der Waals surface area contributed by atoms with E-state index in [0.29, 0.717) is 12.2 Å². The van der Waals surface area contributed by atoms with Gasteiger partial charge in [-0.05, 0) is 37.1 Å². The van der Waals surface area contributed by atoms with Gasteiger partial charge in [0, 0.05) is 12.2 Å². The number of aliphatic carboxylic acids is 1. The first-order chi connectivity index (χ1) is 9.36. The van der Waals surface area contributed by atoms with Gasteiger partial charge in [-0.25, -0.2) is 14.0 Å². The maximum absolute atomic E-state index is 12.9. The summed E-state index contributed by atoms with van der Waals surface area (Å²) in [5.41, 5.74) is 0.513. The van der Waals surface area contributed by atoms with E-state index in [9.17, 15) is 14.0 Å². The molecule has 0 radical (unpaired) electrons. The maximum Gasteiger partial charge on any atom is 0.326 e. The summed E-state index contributed by atoms with van der Waals surface area (Å²) in [6, 6.07) is 3.98. The Morgan fingerprint density at radius 3 is 2.25 bits per heavy atom. The lowest BCUT2D eigenvalue weighted by molar-refractivity contribution is -0.140. The number of nitrogens with zero attached hydrogens (tertiary/aromatic N) is 1. The highest BCUT2D eigenvalue weighted by atomic mass is 19.1. The van der Waals surface area contributed by atoms with Crippen molar-refractivity contribution >= 4 is 17.7 Å². The fraction of sp³-hybridized carbons (Fsp3) is 0.429. The molecular weight excluding hydrogens is 263 g/mol. The van der Waals surface area contributed by atoms with Crippen molar-refractivity contribution in [3.05, 3.63) is 30.1 Å². The van der Waals surface area contributed by atoms with E-state index in [1.165, 1.54) is 29.2 Å². The Morgan fingerprint density at radius 1 is 1.30 bits per heavy atom. The second-order valence-corrected chi connectivity index (χ2v) is 4.73. The van der Waals surface area contributed by atoms with Crippen LogP contribution in [0.4, 0.5) is 14.9 Å². The predicted molar refractivity (Wildman–Crippen MR) is 74.2 cm³/mol. The van der Waals surface area contributed by atoms with Crippen LogP contribution in [0.5, 0.6) is 0 Å². The van der Waals surface area contributed by atoms with E-state index in [2.05, 4.69) is 5.32 Å². The molecule has 0 spiro atoms. The standard InChI is InChI=1S/C14H19FN2O3/c1-4-17(11-7-5-10(15)6-8-11)14(20)16-12(9(2)3)13(18)19/h5-9,12H,4H2,1-3H3,(H,16,20)(H,18,19)/t12-/m0/s1. The average molecular weight is 282 g/mol. The van der Waals surface area contributed by atoms with Crippen LogP contribution in [-0.2, 0) is 4.79 Å². The van der Waals surface area contributed by atoms with Crippen LogP contribution >= 0.6 is 0 Å². The Labute approximate surface area is 117 Å². The summed E-state index contributed by atoms with van der Waals surface area (Å²) in [5.74, 6) is -1.71. The van der Waals surface area contributed by atoms with Gasteiger partial charge in [0.2, 0.25) is 0 Å². The van der Waals surface area contributed by atoms with Crippen LogP contribution in [0.1, 0.15) is 20.8 Å². The predicted octanol–water partition coefficient (Wildman–Crippen LogP) is 2.47. The molecule has 0 aliphatic heterocycles. The smallest absolute Gasteiger partial charge is 0.326 e. The van der Waals surface area contributed by atoms with Crippen LogP contribution in [0.3, 0.4) is 0 Å². The molecule has 0 fully saturated rings. The molecule has 0 saturated heterocycles. The van der Waals surface area contributed by atoms with Gasteiger partial charge in [0.25, 0.3) is 0 Å². The van der Waals surface area contributed by atoms with Crippen LogP contribution in [0, 0.1) is 11.7 Å². The van der Waals surface area contributed by atoms with Crippen molar-refractivity contribution in [1.82, 2.24) is 5.32 Å². The van der Waals surface area contributed by atoms with Crippen molar-refractivity contribution in [2.75, 3.05) is 11.4 Å². The van der Waals surface area contributed by atoms with Crippen LogP contribution in [0.15, 0.2) is 24.3 Å². The van der Waals surface area contributed by atoms with E-state index >= 15 is 0 Å². The van der Waals surface area contributed by atoms with Crippen LogP contribution in [-0.4, -0.2) is 29.7 Å². The summed E-state index contributed by atoms with van der Waals surface area (Å²) in [6.07, 6.45) is 0. The summed E-state index contributed by atoms with van der Waals surface area (Å²) < 4.78 is 12.9. The number of rotatable bonds is 5. The van der Waals surface area contributed by atoms with E-state index in [1.54, 1.807) is 20.8 Å². The number of carboxylic acid groups (broad SMARTS) is 1. The molecule has 2 amide bonds. The highest BCUT2D eigenvalue weighted by Gasteiger charge is 2.25. The summed E-state index contributed by atoms with van der Waals surface area (Å²) in [6.45, 7) is 5.54. The molecule has 2 N–H and O–H groups in total. The van der Waals surface area contributed by atoms with Gasteiger partial charge < -0.3 is 10.4 Å². The largest absolute Gasteiger partial charge is 0.480 e. The number of amides is 2. The van der Waals surface area contributed by atoms with Gasteiger partial charge in [0.1, 0.15) is 11.9 Å². The third kappa shape index (κ3) is 3.94. The molecule has 20 heavy (non-hydrogen) atoms. The zero-order chi connectivity index (χ0) is 15.3. The highest BCUT2D eigenvalue weighted by Crippen LogP contribution is 2.15. The summed E-state index contributed by atoms with van der Waals surface area (Å²) in [7, 11) is 0. The van der Waals surface area contributed by atoms with Gasteiger partial charge in [-0.3, -0.25) is 4.90 Å².